The summed E-state index contributed by atoms with van der Waals surface area (Å²) in [4.78, 5) is 11.9. The Morgan fingerprint density at radius 2 is 2.18 bits per heavy atom. The van der Waals surface area contributed by atoms with Crippen molar-refractivity contribution in [3.05, 3.63) is 70.0 Å². The first-order valence-electron chi connectivity index (χ1n) is 9.29. The Bertz CT molecular complexity index is 966. The number of halogens is 2. The highest BCUT2D eigenvalue weighted by Gasteiger charge is 2.55. The standard InChI is InChI=1S/C21H21ClFN3OS/c1-13(27)26-21(28-20(25-26)17-12-16(22)8-9-19(17)23)15(10-11-24)7-6-14-4-2-3-5-18(14)21/h2-5,8-9,12,15H,6-7,10-11,24H2,1H3/t15-,21-/m1/s1. The molecule has 4 rings (SSSR count). The molecule has 2 atom stereocenters. The molecule has 7 heteroatoms. The maximum absolute atomic E-state index is 14.6. The van der Waals surface area contributed by atoms with Crippen LogP contribution in [0.25, 0.3) is 0 Å². The molecule has 1 aliphatic carbocycles. The summed E-state index contributed by atoms with van der Waals surface area (Å²) in [6.07, 6.45) is 2.58. The van der Waals surface area contributed by atoms with Crippen molar-refractivity contribution in [2.45, 2.75) is 31.1 Å². The molecule has 0 saturated heterocycles. The summed E-state index contributed by atoms with van der Waals surface area (Å²) in [6, 6.07) is 12.5. The van der Waals surface area contributed by atoms with E-state index in [0.29, 0.717) is 22.2 Å². The van der Waals surface area contributed by atoms with Gasteiger partial charge in [0.2, 0.25) is 5.91 Å². The van der Waals surface area contributed by atoms with Crippen LogP contribution in [0.4, 0.5) is 4.39 Å². The van der Waals surface area contributed by atoms with Gasteiger partial charge in [-0.1, -0.05) is 47.6 Å². The van der Waals surface area contributed by atoms with Crippen molar-refractivity contribution in [1.29, 1.82) is 0 Å². The van der Waals surface area contributed by atoms with Crippen molar-refractivity contribution >= 4 is 34.3 Å². The van der Waals surface area contributed by atoms with Gasteiger partial charge in [0.25, 0.3) is 0 Å². The Balaban J connectivity index is 1.89. The quantitative estimate of drug-likeness (QED) is 0.799. The number of nitrogens with two attached hydrogens (primary N) is 1. The molecule has 1 aliphatic heterocycles. The van der Waals surface area contributed by atoms with Crippen molar-refractivity contribution in [3.8, 4) is 0 Å². The third kappa shape index (κ3) is 3.04. The second-order valence-corrected chi connectivity index (χ2v) is 8.78. The Morgan fingerprint density at radius 3 is 2.93 bits per heavy atom. The first-order chi connectivity index (χ1) is 13.5. The lowest BCUT2D eigenvalue weighted by Crippen LogP contribution is -2.49. The zero-order valence-electron chi connectivity index (χ0n) is 15.5. The minimum Gasteiger partial charge on any atom is -0.330 e. The van der Waals surface area contributed by atoms with Crippen LogP contribution in [0, 0.1) is 11.7 Å². The van der Waals surface area contributed by atoms with Gasteiger partial charge in [-0.05, 0) is 61.1 Å². The molecular weight excluding hydrogens is 397 g/mol. The molecule has 0 unspecified atom stereocenters. The monoisotopic (exact) mass is 417 g/mol. The fourth-order valence-corrected chi connectivity index (χ4v) is 6.07. The third-order valence-corrected chi connectivity index (χ3v) is 7.22. The summed E-state index contributed by atoms with van der Waals surface area (Å²) < 4.78 is 14.6. The van der Waals surface area contributed by atoms with E-state index < -0.39 is 10.7 Å². The molecule has 0 saturated carbocycles. The maximum Gasteiger partial charge on any atom is 0.241 e. The van der Waals surface area contributed by atoms with Crippen LogP contribution < -0.4 is 5.73 Å². The summed E-state index contributed by atoms with van der Waals surface area (Å²) in [6.45, 7) is 2.02. The molecule has 1 amide bonds. The van der Waals surface area contributed by atoms with Crippen molar-refractivity contribution in [1.82, 2.24) is 5.01 Å². The van der Waals surface area contributed by atoms with E-state index in [9.17, 15) is 9.18 Å². The average molecular weight is 418 g/mol. The molecule has 1 heterocycles. The number of amides is 1. The lowest BCUT2D eigenvalue weighted by Gasteiger charge is -2.45. The summed E-state index contributed by atoms with van der Waals surface area (Å²) in [5, 5.41) is 7.02. The number of carbonyl (C=O) groups excluding carboxylic acids is 1. The van der Waals surface area contributed by atoms with Gasteiger partial charge in [-0.15, -0.1) is 0 Å². The summed E-state index contributed by atoms with van der Waals surface area (Å²) in [5.41, 5.74) is 8.48. The van der Waals surface area contributed by atoms with Crippen molar-refractivity contribution in [2.75, 3.05) is 6.54 Å². The normalized spacial score (nSPS) is 23.6. The van der Waals surface area contributed by atoms with Crippen LogP contribution in [0.1, 0.15) is 36.5 Å². The number of fused-ring (bicyclic) bond motifs is 2. The van der Waals surface area contributed by atoms with Crippen LogP contribution >= 0.6 is 23.4 Å². The van der Waals surface area contributed by atoms with Gasteiger partial charge in [-0.2, -0.15) is 5.10 Å². The van der Waals surface area contributed by atoms with E-state index in [1.807, 2.05) is 18.2 Å². The zero-order chi connectivity index (χ0) is 19.9. The lowest BCUT2D eigenvalue weighted by atomic mass is 9.77. The van der Waals surface area contributed by atoms with Crippen LogP contribution in [0.5, 0.6) is 0 Å². The van der Waals surface area contributed by atoms with Gasteiger partial charge in [0.1, 0.15) is 15.7 Å². The first kappa shape index (κ1) is 19.4. The van der Waals surface area contributed by atoms with E-state index in [4.69, 9.17) is 17.3 Å². The van der Waals surface area contributed by atoms with Crippen LogP contribution in [0.15, 0.2) is 47.6 Å². The van der Waals surface area contributed by atoms with Gasteiger partial charge in [0.15, 0.2) is 0 Å². The molecule has 2 N–H and O–H groups in total. The predicted octanol–water partition coefficient (Wildman–Crippen LogP) is 4.50. The Morgan fingerprint density at radius 1 is 1.39 bits per heavy atom. The van der Waals surface area contributed by atoms with E-state index in [1.54, 1.807) is 6.07 Å². The van der Waals surface area contributed by atoms with E-state index in [-0.39, 0.29) is 11.8 Å². The van der Waals surface area contributed by atoms with Crippen molar-refractivity contribution in [2.24, 2.45) is 16.8 Å². The maximum atomic E-state index is 14.6. The second kappa shape index (κ2) is 7.50. The Labute approximate surface area is 172 Å². The van der Waals surface area contributed by atoms with E-state index >= 15 is 0 Å². The molecule has 1 spiro atoms. The number of rotatable bonds is 3. The molecule has 28 heavy (non-hydrogen) atoms. The average Bonchev–Trinajstić information content (AvgIpc) is 3.08. The van der Waals surface area contributed by atoms with E-state index in [0.717, 1.165) is 24.8 Å². The number of hydrazone groups is 1. The largest absolute Gasteiger partial charge is 0.330 e. The van der Waals surface area contributed by atoms with Crippen LogP contribution in [0.3, 0.4) is 0 Å². The number of hydrogen-bond acceptors (Lipinski definition) is 4. The zero-order valence-corrected chi connectivity index (χ0v) is 17.1. The van der Waals surface area contributed by atoms with Crippen molar-refractivity contribution < 1.29 is 9.18 Å². The smallest absolute Gasteiger partial charge is 0.241 e. The molecule has 2 aliphatic rings. The number of aryl methyl sites for hydroxylation is 1. The number of carbonyl (C=O) groups is 1. The number of benzene rings is 2. The molecule has 146 valence electrons. The van der Waals surface area contributed by atoms with E-state index in [2.05, 4.69) is 11.2 Å². The molecule has 2 aromatic rings. The number of hydrogen-bond donors (Lipinski definition) is 1. The first-order valence-corrected chi connectivity index (χ1v) is 10.5. The number of nitrogens with zero attached hydrogens (tertiary/aromatic N) is 2. The lowest BCUT2D eigenvalue weighted by molar-refractivity contribution is -0.134. The van der Waals surface area contributed by atoms with Gasteiger partial charge < -0.3 is 5.73 Å². The highest BCUT2D eigenvalue weighted by Crippen LogP contribution is 2.57. The summed E-state index contributed by atoms with van der Waals surface area (Å²) in [5.74, 6) is -0.468. The van der Waals surface area contributed by atoms with Crippen LogP contribution in [-0.4, -0.2) is 22.5 Å². The second-order valence-electron chi connectivity index (χ2n) is 7.13. The van der Waals surface area contributed by atoms with Crippen LogP contribution in [-0.2, 0) is 16.1 Å². The van der Waals surface area contributed by atoms with Gasteiger partial charge in [0, 0.05) is 17.5 Å². The third-order valence-electron chi connectivity index (χ3n) is 5.45. The molecule has 0 aromatic heterocycles. The molecule has 0 radical (unpaired) electrons. The van der Waals surface area contributed by atoms with Gasteiger partial charge >= 0.3 is 0 Å². The Hall–Kier alpha value is -1.89. The van der Waals surface area contributed by atoms with Gasteiger partial charge in [0.05, 0.1) is 0 Å². The SMILES string of the molecule is CC(=O)N1N=C(c2cc(Cl)ccc2F)S[C@]12c1ccccc1CC[C@@H]2CCN. The molecule has 0 fully saturated rings. The molecular formula is C21H21ClFN3OS. The van der Waals surface area contributed by atoms with Crippen LogP contribution in [0.2, 0.25) is 5.02 Å². The van der Waals surface area contributed by atoms with Crippen molar-refractivity contribution in [3.63, 3.8) is 0 Å². The minimum absolute atomic E-state index is 0.116. The summed E-state index contributed by atoms with van der Waals surface area (Å²) in [7, 11) is 0. The topological polar surface area (TPSA) is 58.7 Å². The molecule has 2 aromatic carbocycles. The highest BCUT2D eigenvalue weighted by atomic mass is 35.5. The molecule has 4 nitrogen and oxygen atoms in total. The van der Waals surface area contributed by atoms with E-state index in [1.165, 1.54) is 41.4 Å². The van der Waals surface area contributed by atoms with Gasteiger partial charge in [-0.25, -0.2) is 9.40 Å². The highest BCUT2D eigenvalue weighted by molar-refractivity contribution is 8.15. The predicted molar refractivity (Wildman–Crippen MR) is 112 cm³/mol. The van der Waals surface area contributed by atoms with Gasteiger partial charge in [-0.3, -0.25) is 4.79 Å². The molecule has 0 bridgehead atoms. The fourth-order valence-electron chi connectivity index (χ4n) is 4.25. The number of thioether (sulfide) groups is 1. The minimum atomic E-state index is -0.718. The Kier molecular flexibility index (Phi) is 5.21. The fraction of sp³-hybridized carbons (Fsp3) is 0.333. The summed E-state index contributed by atoms with van der Waals surface area (Å²) >= 11 is 7.54.